The summed E-state index contributed by atoms with van der Waals surface area (Å²) in [5.74, 6) is -0.382. The summed E-state index contributed by atoms with van der Waals surface area (Å²) in [5, 5.41) is 0. The molecule has 0 radical (unpaired) electrons. The van der Waals surface area contributed by atoms with Crippen molar-refractivity contribution in [1.82, 2.24) is 0 Å². The highest BCUT2D eigenvalue weighted by Gasteiger charge is 2.53. The van der Waals surface area contributed by atoms with E-state index >= 15 is 0 Å². The number of carbonyl (C=O) groups is 2. The first-order chi connectivity index (χ1) is 13.4. The van der Waals surface area contributed by atoms with Gasteiger partial charge in [-0.15, -0.1) is 0 Å². The predicted octanol–water partition coefficient (Wildman–Crippen LogP) is 1.34. The van der Waals surface area contributed by atoms with Gasteiger partial charge in [0, 0.05) is 26.5 Å². The van der Waals surface area contributed by atoms with Gasteiger partial charge in [-0.3, -0.25) is 9.59 Å². The van der Waals surface area contributed by atoms with Gasteiger partial charge >= 0.3 is 11.9 Å². The first kappa shape index (κ1) is 20.5. The van der Waals surface area contributed by atoms with Gasteiger partial charge < -0.3 is 33.2 Å². The van der Waals surface area contributed by atoms with Gasteiger partial charge in [-0.25, -0.2) is 0 Å². The van der Waals surface area contributed by atoms with Crippen molar-refractivity contribution in [2.45, 2.75) is 50.8 Å². The van der Waals surface area contributed by atoms with E-state index in [1.807, 2.05) is 12.1 Å². The Bertz CT molecular complexity index is 689. The second-order valence-electron chi connectivity index (χ2n) is 6.47. The Morgan fingerprint density at radius 3 is 2.18 bits per heavy atom. The van der Waals surface area contributed by atoms with Crippen molar-refractivity contribution in [3.63, 3.8) is 0 Å². The van der Waals surface area contributed by atoms with E-state index in [0.717, 1.165) is 5.56 Å². The van der Waals surface area contributed by atoms with Crippen LogP contribution in [0.2, 0.25) is 0 Å². The lowest BCUT2D eigenvalue weighted by Gasteiger charge is -2.47. The molecule has 2 heterocycles. The van der Waals surface area contributed by atoms with Crippen LogP contribution in [0.1, 0.15) is 25.7 Å². The third kappa shape index (κ3) is 4.44. The topological polar surface area (TPSA) is 98.8 Å². The number of hydrogen-bond acceptors (Lipinski definition) is 9. The molecule has 2 aliphatic rings. The zero-order valence-electron chi connectivity index (χ0n) is 16.2. The summed E-state index contributed by atoms with van der Waals surface area (Å²) < 4.78 is 38.9. The number of fused-ring (bicyclic) bond motifs is 1. The molecule has 9 heteroatoms. The van der Waals surface area contributed by atoms with Crippen LogP contribution in [0.3, 0.4) is 0 Å². The van der Waals surface area contributed by atoms with Crippen molar-refractivity contribution >= 4 is 11.9 Å². The molecule has 2 saturated heterocycles. The minimum Gasteiger partial charge on any atom is -0.497 e. The van der Waals surface area contributed by atoms with Crippen LogP contribution in [-0.2, 0) is 38.0 Å². The second-order valence-corrected chi connectivity index (χ2v) is 6.47. The molecule has 0 N–H and O–H groups in total. The maximum absolute atomic E-state index is 11.7. The second kappa shape index (κ2) is 8.87. The maximum atomic E-state index is 11.7. The molecule has 2 aliphatic heterocycles. The molecule has 0 aromatic heterocycles. The molecule has 154 valence electrons. The van der Waals surface area contributed by atoms with Crippen LogP contribution < -0.4 is 4.74 Å². The fraction of sp³-hybridized carbons (Fsp3) is 0.579. The largest absolute Gasteiger partial charge is 0.497 e. The minimum absolute atomic E-state index is 0.186. The van der Waals surface area contributed by atoms with Crippen LogP contribution >= 0.6 is 0 Å². The van der Waals surface area contributed by atoms with Crippen molar-refractivity contribution in [2.75, 3.05) is 20.8 Å². The fourth-order valence-corrected chi connectivity index (χ4v) is 3.31. The molecule has 6 atom stereocenters. The van der Waals surface area contributed by atoms with E-state index in [-0.39, 0.29) is 6.61 Å². The van der Waals surface area contributed by atoms with Crippen LogP contribution in [0.15, 0.2) is 24.3 Å². The monoisotopic (exact) mass is 396 g/mol. The van der Waals surface area contributed by atoms with Gasteiger partial charge in [0.2, 0.25) is 0 Å². The lowest BCUT2D eigenvalue weighted by Crippen LogP contribution is -2.64. The summed E-state index contributed by atoms with van der Waals surface area (Å²) >= 11 is 0. The van der Waals surface area contributed by atoms with Crippen molar-refractivity contribution < 1.29 is 42.7 Å². The summed E-state index contributed by atoms with van der Waals surface area (Å²) in [4.78, 5) is 23.2. The van der Waals surface area contributed by atoms with Gasteiger partial charge in [-0.2, -0.15) is 0 Å². The van der Waals surface area contributed by atoms with Crippen LogP contribution in [-0.4, -0.2) is 63.5 Å². The van der Waals surface area contributed by atoms with E-state index in [0.29, 0.717) is 5.75 Å². The van der Waals surface area contributed by atoms with Crippen molar-refractivity contribution in [3.8, 4) is 5.75 Å². The van der Waals surface area contributed by atoms with E-state index in [9.17, 15) is 9.59 Å². The number of rotatable bonds is 5. The minimum atomic E-state index is -0.970. The van der Waals surface area contributed by atoms with Crippen LogP contribution in [0.5, 0.6) is 5.75 Å². The van der Waals surface area contributed by atoms with E-state index in [1.54, 1.807) is 19.2 Å². The van der Waals surface area contributed by atoms with Crippen molar-refractivity contribution in [1.29, 1.82) is 0 Å². The number of hydrogen-bond donors (Lipinski definition) is 0. The maximum Gasteiger partial charge on any atom is 0.303 e. The molecule has 1 aromatic rings. The zero-order valence-corrected chi connectivity index (χ0v) is 16.2. The van der Waals surface area contributed by atoms with E-state index in [2.05, 4.69) is 0 Å². The average molecular weight is 396 g/mol. The molecular weight excluding hydrogens is 372 g/mol. The summed E-state index contributed by atoms with van der Waals surface area (Å²) in [6.45, 7) is 2.72. The molecule has 2 fully saturated rings. The lowest BCUT2D eigenvalue weighted by molar-refractivity contribution is -0.359. The summed E-state index contributed by atoms with van der Waals surface area (Å²) in [6, 6.07) is 7.21. The number of ether oxygens (including phenoxy) is 7. The highest BCUT2D eigenvalue weighted by atomic mass is 16.8. The quantitative estimate of drug-likeness (QED) is 0.683. The third-order valence-corrected chi connectivity index (χ3v) is 4.51. The smallest absolute Gasteiger partial charge is 0.303 e. The lowest BCUT2D eigenvalue weighted by atomic mass is 9.97. The van der Waals surface area contributed by atoms with E-state index < -0.39 is 48.9 Å². The molecule has 0 amide bonds. The Labute approximate surface area is 162 Å². The molecule has 0 unspecified atom stereocenters. The van der Waals surface area contributed by atoms with Crippen LogP contribution in [0, 0.1) is 0 Å². The molecule has 0 spiro atoms. The van der Waals surface area contributed by atoms with E-state index in [4.69, 9.17) is 33.2 Å². The Balaban J connectivity index is 1.84. The number of esters is 2. The van der Waals surface area contributed by atoms with Crippen molar-refractivity contribution in [3.05, 3.63) is 29.8 Å². The molecule has 0 bridgehead atoms. The van der Waals surface area contributed by atoms with Gasteiger partial charge in [-0.05, 0) is 12.1 Å². The third-order valence-electron chi connectivity index (χ3n) is 4.51. The highest BCUT2D eigenvalue weighted by Crippen LogP contribution is 2.36. The molecule has 1 aromatic carbocycles. The zero-order chi connectivity index (χ0) is 20.3. The summed E-state index contributed by atoms with van der Waals surface area (Å²) in [6.07, 6.45) is -4.77. The van der Waals surface area contributed by atoms with Gasteiger partial charge in [-0.1, -0.05) is 12.1 Å². The highest BCUT2D eigenvalue weighted by molar-refractivity contribution is 5.67. The fourth-order valence-electron chi connectivity index (χ4n) is 3.31. The Kier molecular flexibility index (Phi) is 6.50. The molecule has 28 heavy (non-hydrogen) atoms. The van der Waals surface area contributed by atoms with Gasteiger partial charge in [0.25, 0.3) is 0 Å². The van der Waals surface area contributed by atoms with E-state index in [1.165, 1.54) is 21.0 Å². The first-order valence-electron chi connectivity index (χ1n) is 8.86. The van der Waals surface area contributed by atoms with Crippen molar-refractivity contribution in [2.24, 2.45) is 0 Å². The molecular formula is C19H24O9. The predicted molar refractivity (Wildman–Crippen MR) is 93.3 cm³/mol. The Morgan fingerprint density at radius 2 is 1.61 bits per heavy atom. The molecule has 9 nitrogen and oxygen atoms in total. The average Bonchev–Trinajstić information content (AvgIpc) is 2.68. The summed E-state index contributed by atoms with van der Waals surface area (Å²) in [5.41, 5.74) is 0.763. The Hall–Kier alpha value is -2.20. The summed E-state index contributed by atoms with van der Waals surface area (Å²) in [7, 11) is 2.99. The standard InChI is InChI=1S/C19H24O9/c1-10(20)25-16-15-14(27-19(23-4)17(16)26-11(2)21)9-24-18(28-15)12-5-7-13(22-3)8-6-12/h5-8,14-19H,9H2,1-4H3/t14-,15-,16+,17-,18-,19-/m1/s1. The van der Waals surface area contributed by atoms with Crippen LogP contribution in [0.4, 0.5) is 0 Å². The molecule has 0 aliphatic carbocycles. The van der Waals surface area contributed by atoms with Gasteiger partial charge in [0.05, 0.1) is 13.7 Å². The number of carbonyl (C=O) groups excluding carboxylic acids is 2. The molecule has 3 rings (SSSR count). The van der Waals surface area contributed by atoms with Gasteiger partial charge in [0.1, 0.15) is 18.0 Å². The first-order valence-corrected chi connectivity index (χ1v) is 8.86. The van der Waals surface area contributed by atoms with Gasteiger partial charge in [0.15, 0.2) is 24.8 Å². The SMILES string of the molecule is COc1ccc([C@@H]2OC[C@H]3O[C@@H](OC)[C@H](OC(C)=O)[C@@H](OC(C)=O)[C@@H]3O2)cc1. The molecule has 0 saturated carbocycles. The number of benzene rings is 1. The number of methoxy groups -OCH3 is 2. The normalized spacial score (nSPS) is 32.1. The Morgan fingerprint density at radius 1 is 0.964 bits per heavy atom. The van der Waals surface area contributed by atoms with Crippen LogP contribution in [0.25, 0.3) is 0 Å².